The molecule has 1 aliphatic carbocycles. The van der Waals surface area contributed by atoms with Crippen LogP contribution in [0.5, 0.6) is 0 Å². The third-order valence-electron chi connectivity index (χ3n) is 4.89. The molecule has 3 aromatic rings. The van der Waals surface area contributed by atoms with Gasteiger partial charge in [-0.05, 0) is 34.7 Å². The zero-order valence-corrected chi connectivity index (χ0v) is 14.2. The van der Waals surface area contributed by atoms with Crippen LogP contribution in [0.4, 0.5) is 0 Å². The van der Waals surface area contributed by atoms with E-state index < -0.39 is 12.0 Å². The maximum Gasteiger partial charge on any atom is 0.310 e. The molecule has 2 N–H and O–H groups in total. The zero-order valence-electron chi connectivity index (χ0n) is 14.2. The molecular weight excluding hydrogens is 326 g/mol. The summed E-state index contributed by atoms with van der Waals surface area (Å²) in [5, 5.41) is 2.03. The smallest absolute Gasteiger partial charge is 0.310 e. The number of fused-ring (bicyclic) bond motifs is 1. The van der Waals surface area contributed by atoms with Gasteiger partial charge in [0.25, 0.3) is 5.91 Å². The lowest BCUT2D eigenvalue weighted by Gasteiger charge is -2.16. The van der Waals surface area contributed by atoms with Crippen molar-refractivity contribution in [2.45, 2.75) is 18.4 Å². The summed E-state index contributed by atoms with van der Waals surface area (Å²) in [6.07, 6.45) is -0.324. The fourth-order valence-electron chi connectivity index (χ4n) is 3.39. The number of carbonyl (C=O) groups excluding carboxylic acids is 2. The van der Waals surface area contributed by atoms with Crippen molar-refractivity contribution in [3.05, 3.63) is 83.9 Å². The largest absolute Gasteiger partial charge is 0.447 e. The van der Waals surface area contributed by atoms with Gasteiger partial charge in [-0.1, -0.05) is 66.7 Å². The summed E-state index contributed by atoms with van der Waals surface area (Å²) < 4.78 is 5.51. The van der Waals surface area contributed by atoms with E-state index in [2.05, 4.69) is 0 Å². The predicted octanol–water partition coefficient (Wildman–Crippen LogP) is 3.71. The van der Waals surface area contributed by atoms with Crippen molar-refractivity contribution in [2.75, 3.05) is 0 Å². The van der Waals surface area contributed by atoms with Crippen molar-refractivity contribution in [3.63, 3.8) is 0 Å². The van der Waals surface area contributed by atoms with Crippen LogP contribution in [0, 0.1) is 5.92 Å². The summed E-state index contributed by atoms with van der Waals surface area (Å²) in [7, 11) is 0. The van der Waals surface area contributed by atoms with Gasteiger partial charge in [-0.3, -0.25) is 9.59 Å². The minimum Gasteiger partial charge on any atom is -0.447 e. The summed E-state index contributed by atoms with van der Waals surface area (Å²) in [6.45, 7) is 0. The van der Waals surface area contributed by atoms with E-state index in [1.54, 1.807) is 6.07 Å². The highest BCUT2D eigenvalue weighted by molar-refractivity contribution is 5.88. The lowest BCUT2D eigenvalue weighted by atomic mass is 10.0. The van der Waals surface area contributed by atoms with Crippen molar-refractivity contribution in [3.8, 4) is 0 Å². The molecule has 0 saturated heterocycles. The first kappa shape index (κ1) is 16.3. The van der Waals surface area contributed by atoms with Crippen LogP contribution in [0.3, 0.4) is 0 Å². The van der Waals surface area contributed by atoms with Gasteiger partial charge >= 0.3 is 5.97 Å². The van der Waals surface area contributed by atoms with E-state index in [1.165, 1.54) is 0 Å². The predicted molar refractivity (Wildman–Crippen MR) is 99.3 cm³/mol. The van der Waals surface area contributed by atoms with Crippen molar-refractivity contribution >= 4 is 22.6 Å². The van der Waals surface area contributed by atoms with E-state index in [1.807, 2.05) is 66.7 Å². The second-order valence-electron chi connectivity index (χ2n) is 6.69. The Balaban J connectivity index is 1.52. The molecule has 1 amide bonds. The quantitative estimate of drug-likeness (QED) is 0.717. The summed E-state index contributed by atoms with van der Waals surface area (Å²) in [4.78, 5) is 24.4. The molecule has 0 heterocycles. The van der Waals surface area contributed by atoms with E-state index >= 15 is 0 Å². The van der Waals surface area contributed by atoms with Crippen LogP contribution in [0.1, 0.15) is 29.6 Å². The maximum absolute atomic E-state index is 12.5. The SMILES string of the molecule is NC(=O)C(OC(=O)C1CC1c1ccccc1)c1ccc2ccccc2c1. The Morgan fingerprint density at radius 2 is 1.62 bits per heavy atom. The Kier molecular flexibility index (Phi) is 4.17. The lowest BCUT2D eigenvalue weighted by Crippen LogP contribution is -2.27. The third-order valence-corrected chi connectivity index (χ3v) is 4.89. The Morgan fingerprint density at radius 1 is 0.923 bits per heavy atom. The fraction of sp³-hybridized carbons (Fsp3) is 0.182. The molecule has 0 spiro atoms. The molecule has 3 aromatic carbocycles. The number of benzene rings is 3. The highest BCUT2D eigenvalue weighted by Crippen LogP contribution is 2.48. The van der Waals surface area contributed by atoms with Gasteiger partial charge in [0.2, 0.25) is 6.10 Å². The first-order valence-electron chi connectivity index (χ1n) is 8.67. The third kappa shape index (κ3) is 3.18. The molecule has 1 aliphatic rings. The first-order valence-corrected chi connectivity index (χ1v) is 8.67. The molecule has 4 rings (SSSR count). The number of hydrogen-bond donors (Lipinski definition) is 1. The standard InChI is InChI=1S/C22H19NO3/c23-21(24)20(17-11-10-14-6-4-5-9-16(14)12-17)26-22(25)19-13-18(19)15-7-2-1-3-8-15/h1-12,18-20H,13H2,(H2,23,24). The van der Waals surface area contributed by atoms with Gasteiger partial charge < -0.3 is 10.5 Å². The molecule has 1 saturated carbocycles. The topological polar surface area (TPSA) is 69.4 Å². The molecule has 4 nitrogen and oxygen atoms in total. The van der Waals surface area contributed by atoms with Crippen LogP contribution >= 0.6 is 0 Å². The van der Waals surface area contributed by atoms with Crippen molar-refractivity contribution in [1.29, 1.82) is 0 Å². The summed E-state index contributed by atoms with van der Waals surface area (Å²) in [5.74, 6) is -1.07. The van der Waals surface area contributed by atoms with Gasteiger partial charge in [0.1, 0.15) is 0 Å². The van der Waals surface area contributed by atoms with Crippen LogP contribution in [0.15, 0.2) is 72.8 Å². The molecule has 0 radical (unpaired) electrons. The monoisotopic (exact) mass is 345 g/mol. The molecule has 1 fully saturated rings. The minimum absolute atomic E-state index is 0.161. The number of rotatable bonds is 5. The second kappa shape index (κ2) is 6.64. The normalized spacial score (nSPS) is 19.7. The second-order valence-corrected chi connectivity index (χ2v) is 6.69. The van der Waals surface area contributed by atoms with Crippen molar-refractivity contribution in [2.24, 2.45) is 11.7 Å². The van der Waals surface area contributed by atoms with E-state index in [-0.39, 0.29) is 17.8 Å². The molecule has 0 aliphatic heterocycles. The summed E-state index contributed by atoms with van der Waals surface area (Å²) in [6, 6.07) is 23.2. The van der Waals surface area contributed by atoms with E-state index in [9.17, 15) is 9.59 Å². The van der Waals surface area contributed by atoms with E-state index in [0.717, 1.165) is 22.8 Å². The van der Waals surface area contributed by atoms with Gasteiger partial charge in [0.15, 0.2) is 0 Å². The molecule has 3 unspecified atom stereocenters. The Labute approximate surface area is 151 Å². The Morgan fingerprint density at radius 3 is 2.35 bits per heavy atom. The number of carbonyl (C=O) groups is 2. The van der Waals surface area contributed by atoms with Crippen LogP contribution in [0.25, 0.3) is 10.8 Å². The van der Waals surface area contributed by atoms with Crippen LogP contribution in [0.2, 0.25) is 0 Å². The van der Waals surface area contributed by atoms with Crippen LogP contribution < -0.4 is 5.73 Å². The van der Waals surface area contributed by atoms with Crippen molar-refractivity contribution in [1.82, 2.24) is 0 Å². The molecule has 0 bridgehead atoms. The summed E-state index contributed by atoms with van der Waals surface area (Å²) in [5.41, 5.74) is 7.23. The number of primary amides is 1. The van der Waals surface area contributed by atoms with Gasteiger partial charge in [0.05, 0.1) is 5.92 Å². The van der Waals surface area contributed by atoms with Gasteiger partial charge in [-0.15, -0.1) is 0 Å². The average Bonchev–Trinajstić information content (AvgIpc) is 3.47. The van der Waals surface area contributed by atoms with Crippen molar-refractivity contribution < 1.29 is 14.3 Å². The molecule has 26 heavy (non-hydrogen) atoms. The van der Waals surface area contributed by atoms with E-state index in [4.69, 9.17) is 10.5 Å². The highest BCUT2D eigenvalue weighted by atomic mass is 16.5. The number of nitrogens with two attached hydrogens (primary N) is 1. The lowest BCUT2D eigenvalue weighted by molar-refractivity contribution is -0.156. The maximum atomic E-state index is 12.5. The number of amides is 1. The van der Waals surface area contributed by atoms with Crippen LogP contribution in [-0.4, -0.2) is 11.9 Å². The van der Waals surface area contributed by atoms with Gasteiger partial charge in [-0.25, -0.2) is 0 Å². The molecule has 130 valence electrons. The number of ether oxygens (including phenoxy) is 1. The average molecular weight is 345 g/mol. The number of esters is 1. The molecule has 3 atom stereocenters. The molecule has 0 aromatic heterocycles. The molecule has 4 heteroatoms. The fourth-order valence-corrected chi connectivity index (χ4v) is 3.39. The molecular formula is C22H19NO3. The summed E-state index contributed by atoms with van der Waals surface area (Å²) >= 11 is 0. The number of hydrogen-bond acceptors (Lipinski definition) is 3. The van der Waals surface area contributed by atoms with E-state index in [0.29, 0.717) is 5.56 Å². The highest BCUT2D eigenvalue weighted by Gasteiger charge is 2.46. The Hall–Kier alpha value is -3.14. The van der Waals surface area contributed by atoms with Crippen LogP contribution in [-0.2, 0) is 14.3 Å². The van der Waals surface area contributed by atoms with Gasteiger partial charge in [0, 0.05) is 5.56 Å². The Bertz CT molecular complexity index is 967. The van der Waals surface area contributed by atoms with Gasteiger partial charge in [-0.2, -0.15) is 0 Å². The first-order chi connectivity index (χ1) is 12.6. The minimum atomic E-state index is -1.07. The zero-order chi connectivity index (χ0) is 18.1.